The molecular weight excluding hydrogens is 374 g/mol. The van der Waals surface area contributed by atoms with Crippen LogP contribution in [0.5, 0.6) is 5.75 Å². The molecule has 0 radical (unpaired) electrons. The van der Waals surface area contributed by atoms with Crippen LogP contribution < -0.4 is 10.1 Å². The molecule has 0 aliphatic rings. The van der Waals surface area contributed by atoms with Crippen LogP contribution in [0.2, 0.25) is 0 Å². The topological polar surface area (TPSA) is 38.3 Å². The van der Waals surface area contributed by atoms with E-state index in [0.717, 1.165) is 0 Å². The standard InChI is InChI=1S/C9H7F3INO2.C3H8/c1-16-5-2-3-6(13)7(4-5)14-8(15)9(10,11)12;1-3-2/h2-4H,1H3,(H,14,15);3H2,1-2H3. The van der Waals surface area contributed by atoms with Gasteiger partial charge in [-0.2, -0.15) is 13.2 Å². The van der Waals surface area contributed by atoms with Gasteiger partial charge >= 0.3 is 12.1 Å². The number of benzene rings is 1. The van der Waals surface area contributed by atoms with Crippen molar-refractivity contribution in [1.82, 2.24) is 0 Å². The first-order valence-corrected chi connectivity index (χ1v) is 6.55. The predicted octanol–water partition coefficient (Wildman–Crippen LogP) is 4.22. The zero-order valence-electron chi connectivity index (χ0n) is 10.8. The van der Waals surface area contributed by atoms with Crippen LogP contribution in [-0.2, 0) is 4.79 Å². The molecule has 0 aromatic heterocycles. The van der Waals surface area contributed by atoms with Crippen molar-refractivity contribution in [2.45, 2.75) is 26.4 Å². The molecule has 1 rings (SSSR count). The molecule has 0 aliphatic carbocycles. The number of methoxy groups -OCH3 is 1. The van der Waals surface area contributed by atoms with Crippen LogP contribution in [-0.4, -0.2) is 19.2 Å². The van der Waals surface area contributed by atoms with Gasteiger partial charge in [-0.1, -0.05) is 20.3 Å². The van der Waals surface area contributed by atoms with Crippen molar-refractivity contribution in [2.75, 3.05) is 12.4 Å². The maximum Gasteiger partial charge on any atom is 0.471 e. The fourth-order valence-electron chi connectivity index (χ4n) is 0.920. The Kier molecular flexibility index (Phi) is 7.81. The number of hydrogen-bond donors (Lipinski definition) is 1. The first-order chi connectivity index (χ1) is 8.76. The molecule has 19 heavy (non-hydrogen) atoms. The van der Waals surface area contributed by atoms with E-state index in [1.54, 1.807) is 17.4 Å². The van der Waals surface area contributed by atoms with Gasteiger partial charge in [-0.05, 0) is 34.7 Å². The van der Waals surface area contributed by atoms with Gasteiger partial charge in [0.05, 0.1) is 12.8 Å². The SMILES string of the molecule is CCC.COc1ccc(I)c(NC(=O)C(F)(F)F)c1. The van der Waals surface area contributed by atoms with Crippen molar-refractivity contribution in [1.29, 1.82) is 0 Å². The van der Waals surface area contributed by atoms with Crippen LogP contribution >= 0.6 is 22.6 Å². The van der Waals surface area contributed by atoms with Gasteiger partial charge in [-0.25, -0.2) is 0 Å². The Bertz CT molecular complexity index is 422. The fourth-order valence-corrected chi connectivity index (χ4v) is 1.39. The zero-order valence-corrected chi connectivity index (χ0v) is 12.9. The molecule has 0 spiro atoms. The quantitative estimate of drug-likeness (QED) is 0.770. The summed E-state index contributed by atoms with van der Waals surface area (Å²) in [7, 11) is 1.39. The summed E-state index contributed by atoms with van der Waals surface area (Å²) in [6, 6.07) is 4.46. The molecule has 1 aromatic carbocycles. The fraction of sp³-hybridized carbons (Fsp3) is 0.417. The van der Waals surface area contributed by atoms with Crippen molar-refractivity contribution < 1.29 is 22.7 Å². The van der Waals surface area contributed by atoms with E-state index in [0.29, 0.717) is 9.32 Å². The Labute approximate surface area is 123 Å². The first-order valence-electron chi connectivity index (χ1n) is 5.47. The summed E-state index contributed by atoms with van der Waals surface area (Å²) in [5, 5.41) is 1.77. The highest BCUT2D eigenvalue weighted by atomic mass is 127. The van der Waals surface area contributed by atoms with Gasteiger partial charge in [0.15, 0.2) is 0 Å². The second kappa shape index (κ2) is 8.23. The predicted molar refractivity (Wildman–Crippen MR) is 76.4 cm³/mol. The number of hydrogen-bond acceptors (Lipinski definition) is 2. The molecule has 0 bridgehead atoms. The molecule has 1 amide bonds. The lowest BCUT2D eigenvalue weighted by Gasteiger charge is -2.10. The van der Waals surface area contributed by atoms with E-state index in [2.05, 4.69) is 13.8 Å². The van der Waals surface area contributed by atoms with Gasteiger partial charge < -0.3 is 10.1 Å². The number of alkyl halides is 3. The number of ether oxygens (including phenoxy) is 1. The van der Waals surface area contributed by atoms with Crippen LogP contribution in [0.3, 0.4) is 0 Å². The summed E-state index contributed by atoms with van der Waals surface area (Å²) in [5.74, 6) is -1.63. The van der Waals surface area contributed by atoms with Crippen LogP contribution in [0, 0.1) is 3.57 Å². The Morgan fingerprint density at radius 2 is 1.89 bits per heavy atom. The van der Waals surface area contributed by atoms with E-state index >= 15 is 0 Å². The molecule has 0 aliphatic heterocycles. The molecule has 0 heterocycles. The third-order valence-corrected chi connectivity index (χ3v) is 2.62. The van der Waals surface area contributed by atoms with Crippen molar-refractivity contribution in [3.05, 3.63) is 21.8 Å². The van der Waals surface area contributed by atoms with Crippen LogP contribution in [0.4, 0.5) is 18.9 Å². The van der Waals surface area contributed by atoms with Crippen molar-refractivity contribution in [2.24, 2.45) is 0 Å². The summed E-state index contributed by atoms with van der Waals surface area (Å²) >= 11 is 1.82. The minimum Gasteiger partial charge on any atom is -0.497 e. The number of rotatable bonds is 2. The van der Waals surface area contributed by atoms with Gasteiger partial charge in [0.2, 0.25) is 0 Å². The molecule has 3 nitrogen and oxygen atoms in total. The highest BCUT2D eigenvalue weighted by Gasteiger charge is 2.38. The van der Waals surface area contributed by atoms with Crippen LogP contribution in [0.25, 0.3) is 0 Å². The summed E-state index contributed by atoms with van der Waals surface area (Å²) in [6.07, 6.45) is -3.65. The number of amides is 1. The Balaban J connectivity index is 0.000000982. The zero-order chi connectivity index (χ0) is 15.1. The summed E-state index contributed by atoms with van der Waals surface area (Å²) in [4.78, 5) is 10.7. The summed E-state index contributed by atoms with van der Waals surface area (Å²) in [5.41, 5.74) is 0.0716. The molecule has 0 atom stereocenters. The maximum absolute atomic E-state index is 12.0. The van der Waals surface area contributed by atoms with Crippen molar-refractivity contribution in [3.63, 3.8) is 0 Å². The lowest BCUT2D eigenvalue weighted by Crippen LogP contribution is -2.30. The molecule has 1 N–H and O–H groups in total. The highest BCUT2D eigenvalue weighted by Crippen LogP contribution is 2.26. The number of carbonyl (C=O) groups excluding carboxylic acids is 1. The molecule has 0 saturated heterocycles. The summed E-state index contributed by atoms with van der Waals surface area (Å²) in [6.45, 7) is 4.25. The minimum atomic E-state index is -4.90. The van der Waals surface area contributed by atoms with Gasteiger partial charge in [-0.3, -0.25) is 4.79 Å². The second-order valence-corrected chi connectivity index (χ2v) is 4.67. The Morgan fingerprint density at radius 1 is 1.37 bits per heavy atom. The number of nitrogens with one attached hydrogen (secondary N) is 1. The largest absolute Gasteiger partial charge is 0.497 e. The van der Waals surface area contributed by atoms with E-state index in [9.17, 15) is 18.0 Å². The lowest BCUT2D eigenvalue weighted by molar-refractivity contribution is -0.167. The minimum absolute atomic E-state index is 0.0716. The second-order valence-electron chi connectivity index (χ2n) is 3.50. The van der Waals surface area contributed by atoms with E-state index in [-0.39, 0.29) is 5.69 Å². The Hall–Kier alpha value is -0.990. The van der Waals surface area contributed by atoms with Gasteiger partial charge in [0, 0.05) is 9.64 Å². The lowest BCUT2D eigenvalue weighted by atomic mass is 10.3. The molecular formula is C12H15F3INO2. The van der Waals surface area contributed by atoms with E-state index in [1.165, 1.54) is 19.6 Å². The highest BCUT2D eigenvalue weighted by molar-refractivity contribution is 14.1. The van der Waals surface area contributed by atoms with Gasteiger partial charge in [0.1, 0.15) is 5.75 Å². The average Bonchev–Trinajstić information content (AvgIpc) is 2.31. The van der Waals surface area contributed by atoms with Gasteiger partial charge in [-0.15, -0.1) is 0 Å². The van der Waals surface area contributed by atoms with Crippen molar-refractivity contribution >= 4 is 34.2 Å². The number of carbonyl (C=O) groups is 1. The molecule has 108 valence electrons. The molecule has 7 heteroatoms. The number of halogens is 4. The normalized spacial score (nSPS) is 10.3. The molecule has 0 unspecified atom stereocenters. The van der Waals surface area contributed by atoms with Crippen LogP contribution in [0.1, 0.15) is 20.3 Å². The van der Waals surface area contributed by atoms with Crippen LogP contribution in [0.15, 0.2) is 18.2 Å². The monoisotopic (exact) mass is 389 g/mol. The number of anilines is 1. The van der Waals surface area contributed by atoms with E-state index < -0.39 is 12.1 Å². The molecule has 0 fully saturated rings. The van der Waals surface area contributed by atoms with Gasteiger partial charge in [0.25, 0.3) is 0 Å². The Morgan fingerprint density at radius 3 is 2.32 bits per heavy atom. The smallest absolute Gasteiger partial charge is 0.471 e. The third-order valence-electron chi connectivity index (χ3n) is 1.68. The summed E-state index contributed by atoms with van der Waals surface area (Å²) < 4.78 is 41.3. The van der Waals surface area contributed by atoms with E-state index in [4.69, 9.17) is 4.74 Å². The van der Waals surface area contributed by atoms with Crippen molar-refractivity contribution in [3.8, 4) is 5.75 Å². The molecule has 0 saturated carbocycles. The van der Waals surface area contributed by atoms with E-state index in [1.807, 2.05) is 22.6 Å². The molecule has 1 aromatic rings. The average molecular weight is 389 g/mol. The maximum atomic E-state index is 12.0. The third kappa shape index (κ3) is 6.65. The first kappa shape index (κ1) is 18.0.